The monoisotopic (exact) mass is 336 g/mol. The first-order chi connectivity index (χ1) is 9.62. The second-order valence-corrected chi connectivity index (χ2v) is 9.52. The molecule has 0 aromatic carbocycles. The third-order valence-corrected chi connectivity index (χ3v) is 6.35. The van der Waals surface area contributed by atoms with E-state index in [0.717, 1.165) is 25.2 Å². The van der Waals surface area contributed by atoms with Gasteiger partial charge in [0.1, 0.15) is 0 Å². The number of carbonyl (C=O) groups is 1. The van der Waals surface area contributed by atoms with E-state index < -0.39 is 10.1 Å². The molecule has 0 aliphatic heterocycles. The van der Waals surface area contributed by atoms with E-state index in [1.165, 1.54) is 24.6 Å². The van der Waals surface area contributed by atoms with Gasteiger partial charge in [0.05, 0.1) is 5.75 Å². The van der Waals surface area contributed by atoms with Gasteiger partial charge in [-0.3, -0.25) is 9.35 Å². The van der Waals surface area contributed by atoms with Crippen molar-refractivity contribution in [2.45, 2.75) is 59.3 Å². The first-order valence-corrected chi connectivity index (χ1v) is 10.3. The third-order valence-electron chi connectivity index (χ3n) is 4.30. The molecule has 1 aliphatic rings. The average molecular weight is 337 g/mol. The van der Waals surface area contributed by atoms with Crippen molar-refractivity contribution in [3.63, 3.8) is 0 Å². The van der Waals surface area contributed by atoms with Gasteiger partial charge in [-0.1, -0.05) is 45.4 Å². The fraction of sp³-hybridized carbons (Fsp3) is 0.933. The van der Waals surface area contributed by atoms with Gasteiger partial charge in [0.2, 0.25) is 0 Å². The van der Waals surface area contributed by atoms with Gasteiger partial charge in [0, 0.05) is 11.2 Å². The first kappa shape index (κ1) is 19.0. The van der Waals surface area contributed by atoms with Crippen molar-refractivity contribution in [2.24, 2.45) is 17.3 Å². The molecule has 124 valence electrons. The highest BCUT2D eigenvalue weighted by Gasteiger charge is 2.35. The minimum Gasteiger partial charge on any atom is -0.287 e. The molecule has 1 N–H and O–H groups in total. The van der Waals surface area contributed by atoms with Crippen molar-refractivity contribution in [3.8, 4) is 0 Å². The van der Waals surface area contributed by atoms with E-state index >= 15 is 0 Å². The fourth-order valence-electron chi connectivity index (χ4n) is 3.37. The molecule has 0 radical (unpaired) electrons. The van der Waals surface area contributed by atoms with Crippen LogP contribution in [0.25, 0.3) is 0 Å². The molecule has 0 heterocycles. The van der Waals surface area contributed by atoms with Crippen LogP contribution >= 0.6 is 11.8 Å². The lowest BCUT2D eigenvalue weighted by atomic mass is 9.73. The molecule has 3 atom stereocenters. The Bertz CT molecular complexity index is 447. The Morgan fingerprint density at radius 1 is 1.33 bits per heavy atom. The van der Waals surface area contributed by atoms with Gasteiger partial charge >= 0.3 is 0 Å². The summed E-state index contributed by atoms with van der Waals surface area (Å²) in [5.74, 6) is 1.48. The normalized spacial score (nSPS) is 31.4. The molecule has 0 amide bonds. The summed E-state index contributed by atoms with van der Waals surface area (Å²) >= 11 is 1.23. The molecule has 0 spiro atoms. The predicted molar refractivity (Wildman–Crippen MR) is 88.0 cm³/mol. The van der Waals surface area contributed by atoms with Crippen LogP contribution in [0.2, 0.25) is 0 Å². The zero-order valence-corrected chi connectivity index (χ0v) is 14.9. The Morgan fingerprint density at radius 2 is 2.00 bits per heavy atom. The third kappa shape index (κ3) is 7.15. The van der Waals surface area contributed by atoms with Crippen molar-refractivity contribution in [2.75, 3.05) is 11.5 Å². The highest BCUT2D eigenvalue weighted by molar-refractivity contribution is 8.13. The molecule has 6 heteroatoms. The van der Waals surface area contributed by atoms with Gasteiger partial charge in [0.25, 0.3) is 10.1 Å². The van der Waals surface area contributed by atoms with Gasteiger partial charge in [-0.2, -0.15) is 8.42 Å². The number of rotatable bonds is 5. The van der Waals surface area contributed by atoms with Crippen molar-refractivity contribution in [1.29, 1.82) is 0 Å². The maximum Gasteiger partial charge on any atom is 0.264 e. The van der Waals surface area contributed by atoms with Crippen LogP contribution in [0.15, 0.2) is 0 Å². The van der Waals surface area contributed by atoms with E-state index in [0.29, 0.717) is 18.1 Å². The maximum atomic E-state index is 12.5. The smallest absolute Gasteiger partial charge is 0.264 e. The van der Waals surface area contributed by atoms with Crippen LogP contribution in [0.5, 0.6) is 0 Å². The van der Waals surface area contributed by atoms with E-state index in [9.17, 15) is 13.2 Å². The van der Waals surface area contributed by atoms with E-state index in [-0.39, 0.29) is 16.3 Å². The summed E-state index contributed by atoms with van der Waals surface area (Å²) in [5.41, 5.74) is -0.289. The number of carbonyl (C=O) groups excluding carboxylic acids is 1. The van der Waals surface area contributed by atoms with E-state index in [2.05, 4.69) is 20.8 Å². The van der Waals surface area contributed by atoms with Crippen LogP contribution in [-0.2, 0) is 14.9 Å². The highest BCUT2D eigenvalue weighted by atomic mass is 32.2. The number of thioether (sulfide) groups is 1. The Kier molecular flexibility index (Phi) is 7.20. The summed E-state index contributed by atoms with van der Waals surface area (Å²) < 4.78 is 30.0. The summed E-state index contributed by atoms with van der Waals surface area (Å²) in [4.78, 5) is 12.5. The SMILES string of the molecule is CC1CCCC(C)(C(=O)SCCCS(=O)(=O)O)C[C@@H](C)C1. The fourth-order valence-corrected chi connectivity index (χ4v) is 5.07. The maximum absolute atomic E-state index is 12.5. The predicted octanol–water partition coefficient (Wildman–Crippen LogP) is 3.77. The van der Waals surface area contributed by atoms with Crippen LogP contribution in [0.3, 0.4) is 0 Å². The number of hydrogen-bond acceptors (Lipinski definition) is 4. The molecule has 1 fully saturated rings. The lowest BCUT2D eigenvalue weighted by Crippen LogP contribution is -2.30. The summed E-state index contributed by atoms with van der Waals surface area (Å²) in [6, 6.07) is 0. The molecule has 4 nitrogen and oxygen atoms in total. The molecule has 2 unspecified atom stereocenters. The van der Waals surface area contributed by atoms with Gasteiger partial charge in [-0.05, 0) is 37.5 Å². The lowest BCUT2D eigenvalue weighted by molar-refractivity contribution is -0.120. The van der Waals surface area contributed by atoms with Gasteiger partial charge in [0.15, 0.2) is 5.12 Å². The lowest BCUT2D eigenvalue weighted by Gasteiger charge is -2.34. The Hall–Kier alpha value is -0.0700. The molecule has 0 aromatic heterocycles. The highest BCUT2D eigenvalue weighted by Crippen LogP contribution is 2.41. The Balaban J connectivity index is 2.50. The molecule has 0 bridgehead atoms. The second-order valence-electron chi connectivity index (χ2n) is 6.88. The van der Waals surface area contributed by atoms with Gasteiger partial charge < -0.3 is 0 Å². The Labute approximate surface area is 133 Å². The minimum atomic E-state index is -3.91. The molecule has 0 saturated heterocycles. The van der Waals surface area contributed by atoms with Gasteiger partial charge in [-0.25, -0.2) is 0 Å². The summed E-state index contributed by atoms with van der Waals surface area (Å²) in [5, 5.41) is 0.180. The van der Waals surface area contributed by atoms with Crippen molar-refractivity contribution < 1.29 is 17.8 Å². The minimum absolute atomic E-state index is 0.180. The standard InChI is InChI=1S/C15H28O4S2/c1-12-6-4-7-15(3,11-13(2)10-12)14(16)20-8-5-9-21(17,18)19/h12-13H,4-11H2,1-3H3,(H,17,18,19)/t12?,13-,15?/m0/s1. The quantitative estimate of drug-likeness (QED) is 0.611. The molecule has 1 rings (SSSR count). The molecular formula is C15H28O4S2. The van der Waals surface area contributed by atoms with Gasteiger partial charge in [-0.15, -0.1) is 0 Å². The van der Waals surface area contributed by atoms with Crippen LogP contribution < -0.4 is 0 Å². The average Bonchev–Trinajstić information content (AvgIpc) is 2.31. The number of hydrogen-bond donors (Lipinski definition) is 1. The van der Waals surface area contributed by atoms with E-state index in [1.54, 1.807) is 0 Å². The van der Waals surface area contributed by atoms with Crippen molar-refractivity contribution >= 4 is 27.0 Å². The van der Waals surface area contributed by atoms with Crippen LogP contribution in [0, 0.1) is 17.3 Å². The zero-order valence-electron chi connectivity index (χ0n) is 13.3. The van der Waals surface area contributed by atoms with Crippen LogP contribution in [0.1, 0.15) is 59.3 Å². The zero-order chi connectivity index (χ0) is 16.1. The first-order valence-electron chi connectivity index (χ1n) is 7.75. The van der Waals surface area contributed by atoms with Crippen LogP contribution in [-0.4, -0.2) is 29.6 Å². The van der Waals surface area contributed by atoms with E-state index in [1.807, 2.05) is 0 Å². The summed E-state index contributed by atoms with van der Waals surface area (Å²) in [6.07, 6.45) is 5.60. The van der Waals surface area contributed by atoms with Crippen LogP contribution in [0.4, 0.5) is 0 Å². The molecule has 1 aliphatic carbocycles. The van der Waals surface area contributed by atoms with Crippen molar-refractivity contribution in [1.82, 2.24) is 0 Å². The second kappa shape index (κ2) is 7.97. The van der Waals surface area contributed by atoms with Crippen molar-refractivity contribution in [3.05, 3.63) is 0 Å². The molecular weight excluding hydrogens is 308 g/mol. The van der Waals surface area contributed by atoms with E-state index in [4.69, 9.17) is 4.55 Å². The Morgan fingerprint density at radius 3 is 2.62 bits per heavy atom. The molecule has 21 heavy (non-hydrogen) atoms. The largest absolute Gasteiger partial charge is 0.287 e. The molecule has 0 aromatic rings. The molecule has 1 saturated carbocycles. The topological polar surface area (TPSA) is 71.4 Å². The summed E-state index contributed by atoms with van der Waals surface area (Å²) in [7, 11) is -3.91. The summed E-state index contributed by atoms with van der Waals surface area (Å²) in [6.45, 7) is 6.55.